The standard InChI is InChI=1S/C21H17FN2O3S/c1-14-7-10-17(11-8-14)27-20(26)12-9-16-13-28-21(23-16)24(15(2)25)19-6-4-3-5-18(19)22/h3-13H,1-2H3/b12-9+. The Bertz CT molecular complexity index is 1030. The summed E-state index contributed by atoms with van der Waals surface area (Å²) in [6.07, 6.45) is 2.73. The molecule has 0 N–H and O–H groups in total. The maximum atomic E-state index is 14.1. The molecule has 5 nitrogen and oxygen atoms in total. The first-order valence-corrected chi connectivity index (χ1v) is 9.29. The Morgan fingerprint density at radius 3 is 2.54 bits per heavy atom. The number of carbonyl (C=O) groups excluding carboxylic acids is 2. The van der Waals surface area contributed by atoms with Crippen LogP contribution in [0.2, 0.25) is 0 Å². The highest BCUT2D eigenvalue weighted by Gasteiger charge is 2.20. The fourth-order valence-corrected chi connectivity index (χ4v) is 3.25. The number of hydrogen-bond donors (Lipinski definition) is 0. The number of anilines is 2. The lowest BCUT2D eigenvalue weighted by atomic mass is 10.2. The number of esters is 1. The summed E-state index contributed by atoms with van der Waals surface area (Å²) in [5, 5.41) is 1.98. The van der Waals surface area contributed by atoms with E-state index in [0.29, 0.717) is 16.6 Å². The Balaban J connectivity index is 1.74. The SMILES string of the molecule is CC(=O)N(c1nc(/C=C/C(=O)Oc2ccc(C)cc2)cs1)c1ccccc1F. The van der Waals surface area contributed by atoms with Crippen molar-refractivity contribution in [1.29, 1.82) is 0 Å². The van der Waals surface area contributed by atoms with E-state index in [2.05, 4.69) is 4.98 Å². The second-order valence-corrected chi connectivity index (χ2v) is 6.76. The monoisotopic (exact) mass is 396 g/mol. The fourth-order valence-electron chi connectivity index (χ4n) is 2.41. The fraction of sp³-hybridized carbons (Fsp3) is 0.0952. The third-order valence-electron chi connectivity index (χ3n) is 3.74. The quantitative estimate of drug-likeness (QED) is 0.350. The van der Waals surface area contributed by atoms with Gasteiger partial charge in [-0.25, -0.2) is 14.2 Å². The molecule has 0 aliphatic heterocycles. The van der Waals surface area contributed by atoms with Gasteiger partial charge in [0.25, 0.3) is 0 Å². The van der Waals surface area contributed by atoms with Gasteiger partial charge in [-0.3, -0.25) is 9.69 Å². The lowest BCUT2D eigenvalue weighted by molar-refractivity contribution is -0.128. The zero-order chi connectivity index (χ0) is 20.1. The second kappa shape index (κ2) is 8.58. The van der Waals surface area contributed by atoms with Gasteiger partial charge in [0, 0.05) is 18.4 Å². The van der Waals surface area contributed by atoms with Gasteiger partial charge in [-0.05, 0) is 37.3 Å². The molecule has 0 unspecified atom stereocenters. The number of amides is 1. The van der Waals surface area contributed by atoms with Gasteiger partial charge in [-0.2, -0.15) is 0 Å². The Hall–Kier alpha value is -3.32. The first kappa shape index (κ1) is 19.4. The number of para-hydroxylation sites is 1. The van der Waals surface area contributed by atoms with E-state index in [-0.39, 0.29) is 11.6 Å². The van der Waals surface area contributed by atoms with E-state index in [1.807, 2.05) is 19.1 Å². The second-order valence-electron chi connectivity index (χ2n) is 5.93. The Kier molecular flexibility index (Phi) is 5.96. The van der Waals surface area contributed by atoms with Crippen molar-refractivity contribution in [3.8, 4) is 5.75 Å². The predicted molar refractivity (Wildman–Crippen MR) is 107 cm³/mol. The minimum atomic E-state index is -0.545. The van der Waals surface area contributed by atoms with E-state index >= 15 is 0 Å². The highest BCUT2D eigenvalue weighted by molar-refractivity contribution is 7.14. The van der Waals surface area contributed by atoms with Gasteiger partial charge in [0.05, 0.1) is 11.4 Å². The molecule has 0 saturated heterocycles. The molecule has 7 heteroatoms. The topological polar surface area (TPSA) is 59.5 Å². The van der Waals surface area contributed by atoms with Crippen molar-refractivity contribution in [2.24, 2.45) is 0 Å². The van der Waals surface area contributed by atoms with Gasteiger partial charge >= 0.3 is 5.97 Å². The Morgan fingerprint density at radius 1 is 1.14 bits per heavy atom. The molecule has 28 heavy (non-hydrogen) atoms. The first-order chi connectivity index (χ1) is 13.4. The third-order valence-corrected chi connectivity index (χ3v) is 4.58. The van der Waals surface area contributed by atoms with Crippen molar-refractivity contribution in [3.05, 3.63) is 77.1 Å². The van der Waals surface area contributed by atoms with Crippen LogP contribution in [0.15, 0.2) is 60.0 Å². The Morgan fingerprint density at radius 2 is 1.86 bits per heavy atom. The molecule has 0 fully saturated rings. The molecule has 3 rings (SSSR count). The van der Waals surface area contributed by atoms with Crippen LogP contribution in [-0.2, 0) is 9.59 Å². The van der Waals surface area contributed by atoms with Crippen LogP contribution in [0, 0.1) is 12.7 Å². The number of ether oxygens (including phenoxy) is 1. The van der Waals surface area contributed by atoms with E-state index in [9.17, 15) is 14.0 Å². The highest BCUT2D eigenvalue weighted by atomic mass is 32.1. The average molecular weight is 396 g/mol. The zero-order valence-electron chi connectivity index (χ0n) is 15.3. The third kappa shape index (κ3) is 4.69. The van der Waals surface area contributed by atoms with Crippen molar-refractivity contribution < 1.29 is 18.7 Å². The van der Waals surface area contributed by atoms with E-state index in [0.717, 1.165) is 5.56 Å². The number of rotatable bonds is 5. The summed E-state index contributed by atoms with van der Waals surface area (Å²) in [6.45, 7) is 3.28. The normalized spacial score (nSPS) is 10.8. The molecule has 0 aliphatic carbocycles. The summed E-state index contributed by atoms with van der Waals surface area (Å²) in [4.78, 5) is 29.5. The van der Waals surface area contributed by atoms with Gasteiger partial charge < -0.3 is 4.74 Å². The van der Waals surface area contributed by atoms with Gasteiger partial charge in [0.1, 0.15) is 11.6 Å². The molecular weight excluding hydrogens is 379 g/mol. The van der Waals surface area contributed by atoms with Gasteiger partial charge in [-0.1, -0.05) is 29.8 Å². The Labute approximate surface area is 165 Å². The van der Waals surface area contributed by atoms with E-state index in [4.69, 9.17) is 4.74 Å². The molecule has 0 aliphatic rings. The van der Waals surface area contributed by atoms with Crippen molar-refractivity contribution in [2.75, 3.05) is 4.90 Å². The molecule has 142 valence electrons. The van der Waals surface area contributed by atoms with Crippen molar-refractivity contribution in [3.63, 3.8) is 0 Å². The molecule has 2 aromatic carbocycles. The first-order valence-electron chi connectivity index (χ1n) is 8.41. The number of aromatic nitrogens is 1. The summed E-state index contributed by atoms with van der Waals surface area (Å²) in [5.74, 6) is -0.988. The molecule has 1 aromatic heterocycles. The lowest BCUT2D eigenvalue weighted by Gasteiger charge is -2.18. The molecule has 1 amide bonds. The van der Waals surface area contributed by atoms with E-state index in [1.165, 1.54) is 47.4 Å². The zero-order valence-corrected chi connectivity index (χ0v) is 16.1. The van der Waals surface area contributed by atoms with Crippen molar-refractivity contribution in [2.45, 2.75) is 13.8 Å². The summed E-state index contributed by atoms with van der Waals surface area (Å²) in [7, 11) is 0. The average Bonchev–Trinajstić information content (AvgIpc) is 3.12. The number of thiazole rings is 1. The van der Waals surface area contributed by atoms with E-state index in [1.54, 1.807) is 29.6 Å². The van der Waals surface area contributed by atoms with Crippen LogP contribution in [0.3, 0.4) is 0 Å². The molecule has 0 spiro atoms. The number of carbonyl (C=O) groups is 2. The smallest absolute Gasteiger partial charge is 0.336 e. The summed E-state index contributed by atoms with van der Waals surface area (Å²) in [6, 6.07) is 13.1. The number of benzene rings is 2. The van der Waals surface area contributed by atoms with Gasteiger partial charge in [0.15, 0.2) is 5.13 Å². The molecule has 0 radical (unpaired) electrons. The van der Waals surface area contributed by atoms with Crippen molar-refractivity contribution in [1.82, 2.24) is 4.98 Å². The minimum Gasteiger partial charge on any atom is -0.423 e. The number of aryl methyl sites for hydroxylation is 1. The maximum absolute atomic E-state index is 14.1. The molecule has 0 saturated carbocycles. The number of nitrogens with zero attached hydrogens (tertiary/aromatic N) is 2. The van der Waals surface area contributed by atoms with Gasteiger partial charge in [0.2, 0.25) is 5.91 Å². The predicted octanol–water partition coefficient (Wildman–Crippen LogP) is 4.89. The van der Waals surface area contributed by atoms with Crippen LogP contribution in [0.1, 0.15) is 18.2 Å². The lowest BCUT2D eigenvalue weighted by Crippen LogP contribution is -2.23. The van der Waals surface area contributed by atoms with Crippen LogP contribution in [0.5, 0.6) is 5.75 Å². The van der Waals surface area contributed by atoms with E-state index < -0.39 is 11.8 Å². The largest absolute Gasteiger partial charge is 0.423 e. The van der Waals surface area contributed by atoms with Crippen LogP contribution >= 0.6 is 11.3 Å². The van der Waals surface area contributed by atoms with Crippen LogP contribution in [0.4, 0.5) is 15.2 Å². The molecule has 1 heterocycles. The summed E-state index contributed by atoms with van der Waals surface area (Å²) >= 11 is 1.17. The molecular formula is C21H17FN2O3S. The van der Waals surface area contributed by atoms with Crippen molar-refractivity contribution >= 4 is 40.1 Å². The summed E-state index contributed by atoms with van der Waals surface area (Å²) in [5.41, 5.74) is 1.65. The molecule has 3 aromatic rings. The number of hydrogen-bond acceptors (Lipinski definition) is 5. The number of halogens is 1. The van der Waals surface area contributed by atoms with Crippen LogP contribution in [-0.4, -0.2) is 16.9 Å². The maximum Gasteiger partial charge on any atom is 0.336 e. The van der Waals surface area contributed by atoms with Crippen LogP contribution < -0.4 is 9.64 Å². The minimum absolute atomic E-state index is 0.124. The highest BCUT2D eigenvalue weighted by Crippen LogP contribution is 2.31. The molecule has 0 bridgehead atoms. The van der Waals surface area contributed by atoms with Gasteiger partial charge in [-0.15, -0.1) is 11.3 Å². The molecule has 0 atom stereocenters. The summed E-state index contributed by atoms with van der Waals surface area (Å²) < 4.78 is 19.3. The van der Waals surface area contributed by atoms with Crippen LogP contribution in [0.25, 0.3) is 6.08 Å².